The number of fused-ring (bicyclic) bond motifs is 2. The van der Waals surface area contributed by atoms with Gasteiger partial charge in [0.05, 0.1) is 11.4 Å². The van der Waals surface area contributed by atoms with Gasteiger partial charge in [-0.25, -0.2) is 9.59 Å². The maximum Gasteiger partial charge on any atom is 0.333 e. The molecule has 1 aliphatic carbocycles. The van der Waals surface area contributed by atoms with Gasteiger partial charge in [-0.2, -0.15) is 0 Å². The molecule has 0 unspecified atom stereocenters. The lowest BCUT2D eigenvalue weighted by atomic mass is 9.81. The lowest BCUT2D eigenvalue weighted by Crippen LogP contribution is -2.23. The van der Waals surface area contributed by atoms with Crippen molar-refractivity contribution in [2.24, 2.45) is 0 Å². The number of carbonyl (C=O) groups excluding carboxylic acids is 3. The first-order valence-corrected chi connectivity index (χ1v) is 10.2. The number of ether oxygens (including phenoxy) is 1. The highest BCUT2D eigenvalue weighted by Gasteiger charge is 2.32. The molecule has 5 N–H and O–H groups in total. The minimum absolute atomic E-state index is 0.0711. The molecule has 34 heavy (non-hydrogen) atoms. The molecular weight excluding hydrogens is 438 g/mol. The summed E-state index contributed by atoms with van der Waals surface area (Å²) in [5, 5.41) is 8.80. The van der Waals surface area contributed by atoms with E-state index in [1.54, 1.807) is 31.2 Å². The number of hydrogen-bond donors (Lipinski definition) is 3. The number of aliphatic carboxylic acids is 1. The maximum absolute atomic E-state index is 12.8. The van der Waals surface area contributed by atoms with Crippen LogP contribution in [-0.2, 0) is 14.3 Å². The summed E-state index contributed by atoms with van der Waals surface area (Å²) in [6, 6.07) is 7.80. The Balaban J connectivity index is 0.000000316. The molecule has 0 fully saturated rings. The van der Waals surface area contributed by atoms with Crippen LogP contribution in [0, 0.1) is 0 Å². The number of carboxylic acid groups (broad SMARTS) is 1. The van der Waals surface area contributed by atoms with Crippen molar-refractivity contribution in [2.75, 3.05) is 38.7 Å². The number of carboxylic acids is 1. The quantitative estimate of drug-likeness (QED) is 0.283. The molecule has 178 valence electrons. The van der Waals surface area contributed by atoms with Crippen molar-refractivity contribution >= 4 is 41.0 Å². The van der Waals surface area contributed by atoms with Gasteiger partial charge < -0.3 is 26.2 Å². The molecule has 0 radical (unpaired) electrons. The highest BCUT2D eigenvalue weighted by atomic mass is 16.5. The topological polar surface area (TPSA) is 153 Å². The molecule has 0 amide bonds. The summed E-state index contributed by atoms with van der Waals surface area (Å²) in [5.41, 5.74) is 13.3. The monoisotopic (exact) mass is 465 g/mol. The van der Waals surface area contributed by atoms with Crippen molar-refractivity contribution in [3.63, 3.8) is 0 Å². The van der Waals surface area contributed by atoms with Gasteiger partial charge >= 0.3 is 11.9 Å². The molecule has 2 aromatic rings. The number of benzene rings is 2. The third-order valence-electron chi connectivity index (χ3n) is 4.84. The molecule has 0 aliphatic heterocycles. The van der Waals surface area contributed by atoms with Gasteiger partial charge in [-0.3, -0.25) is 9.59 Å². The zero-order chi connectivity index (χ0) is 25.6. The molecule has 1 aliphatic rings. The Kier molecular flexibility index (Phi) is 8.46. The van der Waals surface area contributed by atoms with E-state index in [0.29, 0.717) is 17.7 Å². The molecule has 0 heterocycles. The Morgan fingerprint density at radius 3 is 2.21 bits per heavy atom. The van der Waals surface area contributed by atoms with Crippen LogP contribution in [-0.4, -0.2) is 60.8 Å². The van der Waals surface area contributed by atoms with E-state index in [2.05, 4.69) is 6.58 Å². The average Bonchev–Trinajstić information content (AvgIpc) is 2.78. The number of hydrogen-bond acceptors (Lipinski definition) is 8. The lowest BCUT2D eigenvalue weighted by Gasteiger charge is -2.21. The highest BCUT2D eigenvalue weighted by molar-refractivity contribution is 6.30. The fraction of sp³-hybridized carbons (Fsp3) is 0.200. The molecule has 9 heteroatoms. The Bertz CT molecular complexity index is 1200. The van der Waals surface area contributed by atoms with E-state index in [-0.39, 0.29) is 51.2 Å². The Morgan fingerprint density at radius 2 is 1.68 bits per heavy atom. The van der Waals surface area contributed by atoms with Crippen molar-refractivity contribution in [1.82, 2.24) is 4.90 Å². The third kappa shape index (κ3) is 5.96. The Morgan fingerprint density at radius 1 is 1.09 bits per heavy atom. The van der Waals surface area contributed by atoms with Gasteiger partial charge in [-0.1, -0.05) is 30.8 Å². The van der Waals surface area contributed by atoms with E-state index in [0.717, 1.165) is 12.6 Å². The van der Waals surface area contributed by atoms with Gasteiger partial charge in [-0.05, 0) is 33.2 Å². The number of likely N-dealkylation sites (N-methyl/N-ethyl adjacent to an activating group) is 1. The number of carbonyl (C=O) groups is 4. The first kappa shape index (κ1) is 26.0. The molecule has 0 saturated carbocycles. The van der Waals surface area contributed by atoms with Crippen molar-refractivity contribution in [2.45, 2.75) is 6.92 Å². The summed E-state index contributed by atoms with van der Waals surface area (Å²) < 4.78 is 4.83. The van der Waals surface area contributed by atoms with Crippen LogP contribution < -0.4 is 11.5 Å². The van der Waals surface area contributed by atoms with Crippen LogP contribution >= 0.6 is 0 Å². The number of esters is 1. The SMILES string of the molecule is C=C(C)C(=O)OCCN(C)C.Nc1cc2c(c(C=CC(=O)O)c1N)C(=O)c1ccccc1C2=O. The van der Waals surface area contributed by atoms with Crippen LogP contribution in [0.4, 0.5) is 11.4 Å². The summed E-state index contributed by atoms with van der Waals surface area (Å²) in [6.45, 7) is 6.28. The predicted octanol–water partition coefficient (Wildman–Crippen LogP) is 2.39. The zero-order valence-corrected chi connectivity index (χ0v) is 19.3. The number of anilines is 2. The van der Waals surface area contributed by atoms with Crippen molar-refractivity contribution in [3.05, 3.63) is 76.4 Å². The minimum Gasteiger partial charge on any atom is -0.478 e. The number of nitrogens with zero attached hydrogens (tertiary/aromatic N) is 1. The second kappa shape index (κ2) is 11.1. The second-order valence-corrected chi connectivity index (χ2v) is 7.81. The van der Waals surface area contributed by atoms with Gasteiger partial charge in [0.2, 0.25) is 0 Å². The number of rotatable bonds is 6. The van der Waals surface area contributed by atoms with Gasteiger partial charge in [0.25, 0.3) is 0 Å². The van der Waals surface area contributed by atoms with E-state index < -0.39 is 5.97 Å². The lowest BCUT2D eigenvalue weighted by molar-refractivity contribution is -0.139. The van der Waals surface area contributed by atoms with E-state index in [9.17, 15) is 19.2 Å². The van der Waals surface area contributed by atoms with Crippen LogP contribution in [0.1, 0.15) is 44.3 Å². The first-order chi connectivity index (χ1) is 16.0. The summed E-state index contributed by atoms with van der Waals surface area (Å²) in [5.74, 6) is -2.23. The second-order valence-electron chi connectivity index (χ2n) is 7.81. The maximum atomic E-state index is 12.8. The van der Waals surface area contributed by atoms with Gasteiger partial charge in [-0.15, -0.1) is 0 Å². The molecular formula is C25H27N3O6. The molecule has 0 saturated heterocycles. The van der Waals surface area contributed by atoms with Crippen LogP contribution in [0.2, 0.25) is 0 Å². The van der Waals surface area contributed by atoms with Gasteiger partial charge in [0.15, 0.2) is 11.6 Å². The molecule has 0 aromatic heterocycles. The van der Waals surface area contributed by atoms with E-state index >= 15 is 0 Å². The van der Waals surface area contributed by atoms with E-state index in [4.69, 9.17) is 21.3 Å². The molecule has 3 rings (SSSR count). The minimum atomic E-state index is -1.20. The fourth-order valence-electron chi connectivity index (χ4n) is 3.10. The third-order valence-corrected chi connectivity index (χ3v) is 4.84. The van der Waals surface area contributed by atoms with E-state index in [1.807, 2.05) is 19.0 Å². The Hall–Kier alpha value is -4.24. The Labute approximate surface area is 197 Å². The molecule has 9 nitrogen and oxygen atoms in total. The van der Waals surface area contributed by atoms with Crippen LogP contribution in [0.3, 0.4) is 0 Å². The summed E-state index contributed by atoms with van der Waals surface area (Å²) in [4.78, 5) is 48.9. The number of nitrogen functional groups attached to an aromatic ring is 2. The van der Waals surface area contributed by atoms with Crippen molar-refractivity contribution < 1.29 is 29.0 Å². The van der Waals surface area contributed by atoms with E-state index in [1.165, 1.54) is 12.1 Å². The summed E-state index contributed by atoms with van der Waals surface area (Å²) in [7, 11) is 3.85. The molecule has 0 bridgehead atoms. The smallest absolute Gasteiger partial charge is 0.333 e. The standard InChI is InChI=1S/C17H12N2O4.C8H15NO2/c18-12-7-11-14(10(15(12)19)5-6-13(20)21)17(23)9-4-2-1-3-8(9)16(11)22;1-7(2)8(10)11-6-5-9(3)4/h1-7H,18-19H2,(H,20,21);1,5-6H2,2-4H3. The molecule has 0 atom stereocenters. The number of nitrogens with two attached hydrogens (primary N) is 2. The highest BCUT2D eigenvalue weighted by Crippen LogP contribution is 2.36. The number of ketones is 2. The van der Waals surface area contributed by atoms with Crippen molar-refractivity contribution in [1.29, 1.82) is 0 Å². The average molecular weight is 466 g/mol. The molecule has 0 spiro atoms. The largest absolute Gasteiger partial charge is 0.478 e. The van der Waals surface area contributed by atoms with Crippen LogP contribution in [0.15, 0.2) is 48.6 Å². The van der Waals surface area contributed by atoms with Gasteiger partial charge in [0.1, 0.15) is 6.61 Å². The van der Waals surface area contributed by atoms with Crippen molar-refractivity contribution in [3.8, 4) is 0 Å². The van der Waals surface area contributed by atoms with Crippen LogP contribution in [0.5, 0.6) is 0 Å². The summed E-state index contributed by atoms with van der Waals surface area (Å²) >= 11 is 0. The first-order valence-electron chi connectivity index (χ1n) is 10.2. The fourth-order valence-corrected chi connectivity index (χ4v) is 3.10. The zero-order valence-electron chi connectivity index (χ0n) is 19.3. The molecule has 2 aromatic carbocycles. The van der Waals surface area contributed by atoms with Gasteiger partial charge in [0, 0.05) is 46.0 Å². The van der Waals surface area contributed by atoms with Crippen LogP contribution in [0.25, 0.3) is 6.08 Å². The summed E-state index contributed by atoms with van der Waals surface area (Å²) in [6.07, 6.45) is 2.04. The predicted molar refractivity (Wildman–Crippen MR) is 130 cm³/mol. The normalized spacial score (nSPS) is 12.0.